The minimum absolute atomic E-state index is 0.0295. The van der Waals surface area contributed by atoms with Gasteiger partial charge in [-0.2, -0.15) is 0 Å². The van der Waals surface area contributed by atoms with E-state index in [0.717, 1.165) is 21.2 Å². The molecule has 2 aromatic rings. The summed E-state index contributed by atoms with van der Waals surface area (Å²) in [5, 5.41) is 0.510. The summed E-state index contributed by atoms with van der Waals surface area (Å²) in [4.78, 5) is 12.6. The second-order valence-corrected chi connectivity index (χ2v) is 6.03. The predicted molar refractivity (Wildman–Crippen MR) is 83.2 cm³/mol. The van der Waals surface area contributed by atoms with Gasteiger partial charge >= 0.3 is 0 Å². The molecule has 0 radical (unpaired) electrons. The molecule has 0 aromatic heterocycles. The summed E-state index contributed by atoms with van der Waals surface area (Å²) in [7, 11) is 0. The minimum atomic E-state index is -0.0295. The standard InChI is InChI=1S/C16H14BrClO/c1-9-7-14(15(18)8-10(9)2)16(19)13-5-4-12(17)6-11(13)3/h4-8H,1-3H3. The van der Waals surface area contributed by atoms with E-state index in [-0.39, 0.29) is 5.78 Å². The minimum Gasteiger partial charge on any atom is -0.289 e. The van der Waals surface area contributed by atoms with Gasteiger partial charge in [0.15, 0.2) is 5.78 Å². The third-order valence-corrected chi connectivity index (χ3v) is 4.07. The molecular formula is C16H14BrClO. The molecule has 0 aliphatic carbocycles. The zero-order chi connectivity index (χ0) is 14.2. The molecule has 1 nitrogen and oxygen atoms in total. The quantitative estimate of drug-likeness (QED) is 0.683. The highest BCUT2D eigenvalue weighted by Gasteiger charge is 2.16. The number of carbonyl (C=O) groups excluding carboxylic acids is 1. The number of hydrogen-bond donors (Lipinski definition) is 0. The number of halogens is 2. The average molecular weight is 338 g/mol. The third kappa shape index (κ3) is 2.90. The van der Waals surface area contributed by atoms with Crippen molar-refractivity contribution in [3.63, 3.8) is 0 Å². The molecule has 0 amide bonds. The Morgan fingerprint density at radius 2 is 1.58 bits per heavy atom. The van der Waals surface area contributed by atoms with Gasteiger partial charge in [0.2, 0.25) is 0 Å². The van der Waals surface area contributed by atoms with E-state index in [1.165, 1.54) is 0 Å². The van der Waals surface area contributed by atoms with E-state index < -0.39 is 0 Å². The number of rotatable bonds is 2. The van der Waals surface area contributed by atoms with Crippen molar-refractivity contribution in [3.05, 3.63) is 67.6 Å². The van der Waals surface area contributed by atoms with E-state index in [1.807, 2.05) is 51.1 Å². The molecule has 98 valence electrons. The fourth-order valence-electron chi connectivity index (χ4n) is 1.98. The maximum absolute atomic E-state index is 12.6. The van der Waals surface area contributed by atoms with Gasteiger partial charge in [0.05, 0.1) is 5.02 Å². The maximum atomic E-state index is 12.6. The molecule has 0 saturated heterocycles. The topological polar surface area (TPSA) is 17.1 Å². The SMILES string of the molecule is Cc1cc(Cl)c(C(=O)c2ccc(Br)cc2C)cc1C. The molecule has 0 aliphatic rings. The molecule has 0 spiro atoms. The summed E-state index contributed by atoms with van der Waals surface area (Å²) in [6.45, 7) is 5.89. The first-order chi connectivity index (χ1) is 8.90. The van der Waals surface area contributed by atoms with Crippen molar-refractivity contribution in [2.45, 2.75) is 20.8 Å². The van der Waals surface area contributed by atoms with Crippen molar-refractivity contribution in [1.29, 1.82) is 0 Å². The van der Waals surface area contributed by atoms with Crippen molar-refractivity contribution in [2.75, 3.05) is 0 Å². The fourth-order valence-corrected chi connectivity index (χ4v) is 2.76. The van der Waals surface area contributed by atoms with Gasteiger partial charge < -0.3 is 0 Å². The van der Waals surface area contributed by atoms with Crippen LogP contribution in [-0.2, 0) is 0 Å². The van der Waals surface area contributed by atoms with Gasteiger partial charge in [0, 0.05) is 15.6 Å². The van der Waals surface area contributed by atoms with Crippen LogP contribution in [0.3, 0.4) is 0 Å². The summed E-state index contributed by atoms with van der Waals surface area (Å²) in [6, 6.07) is 9.34. The van der Waals surface area contributed by atoms with Gasteiger partial charge in [-0.25, -0.2) is 0 Å². The van der Waals surface area contributed by atoms with Crippen LogP contribution in [0.2, 0.25) is 5.02 Å². The van der Waals surface area contributed by atoms with Crippen LogP contribution in [0.5, 0.6) is 0 Å². The lowest BCUT2D eigenvalue weighted by molar-refractivity contribution is 0.103. The lowest BCUT2D eigenvalue weighted by Crippen LogP contribution is -2.05. The molecule has 0 N–H and O–H groups in total. The third-order valence-electron chi connectivity index (χ3n) is 3.26. The first kappa shape index (κ1) is 14.3. The van der Waals surface area contributed by atoms with Crippen LogP contribution in [0.25, 0.3) is 0 Å². The van der Waals surface area contributed by atoms with Crippen LogP contribution >= 0.6 is 27.5 Å². The smallest absolute Gasteiger partial charge is 0.194 e. The van der Waals surface area contributed by atoms with Crippen molar-refractivity contribution >= 4 is 33.3 Å². The highest BCUT2D eigenvalue weighted by Crippen LogP contribution is 2.25. The number of hydrogen-bond acceptors (Lipinski definition) is 1. The molecule has 0 saturated carbocycles. The van der Waals surface area contributed by atoms with E-state index in [4.69, 9.17) is 11.6 Å². The highest BCUT2D eigenvalue weighted by molar-refractivity contribution is 9.10. The Kier molecular flexibility index (Phi) is 4.12. The Balaban J connectivity index is 2.53. The van der Waals surface area contributed by atoms with E-state index in [2.05, 4.69) is 15.9 Å². The van der Waals surface area contributed by atoms with E-state index >= 15 is 0 Å². The maximum Gasteiger partial charge on any atom is 0.194 e. The Morgan fingerprint density at radius 1 is 0.947 bits per heavy atom. The molecule has 0 bridgehead atoms. The van der Waals surface area contributed by atoms with Crippen LogP contribution < -0.4 is 0 Å². The Hall–Kier alpha value is -1.12. The van der Waals surface area contributed by atoms with E-state index in [9.17, 15) is 4.79 Å². The summed E-state index contributed by atoms with van der Waals surface area (Å²) in [5.74, 6) is -0.0295. The fraction of sp³-hybridized carbons (Fsp3) is 0.188. The molecule has 0 unspecified atom stereocenters. The molecule has 3 heteroatoms. The van der Waals surface area contributed by atoms with Gasteiger partial charge in [0.25, 0.3) is 0 Å². The zero-order valence-electron chi connectivity index (χ0n) is 11.1. The molecule has 0 atom stereocenters. The van der Waals surface area contributed by atoms with Crippen molar-refractivity contribution in [2.24, 2.45) is 0 Å². The highest BCUT2D eigenvalue weighted by atomic mass is 79.9. The average Bonchev–Trinajstić information content (AvgIpc) is 2.33. The van der Waals surface area contributed by atoms with Crippen LogP contribution in [0.1, 0.15) is 32.6 Å². The Labute approximate surface area is 126 Å². The molecule has 2 rings (SSSR count). The van der Waals surface area contributed by atoms with Gasteiger partial charge in [-0.15, -0.1) is 0 Å². The van der Waals surface area contributed by atoms with Gasteiger partial charge in [0.1, 0.15) is 0 Å². The summed E-state index contributed by atoms with van der Waals surface area (Å²) in [5.41, 5.74) is 4.36. The van der Waals surface area contributed by atoms with Crippen LogP contribution in [0, 0.1) is 20.8 Å². The van der Waals surface area contributed by atoms with E-state index in [1.54, 1.807) is 0 Å². The summed E-state index contributed by atoms with van der Waals surface area (Å²) >= 11 is 9.60. The number of ketones is 1. The van der Waals surface area contributed by atoms with Gasteiger partial charge in [-0.05, 0) is 67.8 Å². The molecular weight excluding hydrogens is 324 g/mol. The first-order valence-electron chi connectivity index (χ1n) is 5.97. The molecule has 19 heavy (non-hydrogen) atoms. The number of carbonyl (C=O) groups is 1. The molecule has 2 aromatic carbocycles. The van der Waals surface area contributed by atoms with Crippen LogP contribution in [0.4, 0.5) is 0 Å². The second-order valence-electron chi connectivity index (χ2n) is 4.70. The zero-order valence-corrected chi connectivity index (χ0v) is 13.4. The van der Waals surface area contributed by atoms with Crippen LogP contribution in [0.15, 0.2) is 34.8 Å². The lowest BCUT2D eigenvalue weighted by Gasteiger charge is -2.10. The molecule has 0 heterocycles. The first-order valence-corrected chi connectivity index (χ1v) is 7.15. The monoisotopic (exact) mass is 336 g/mol. The van der Waals surface area contributed by atoms with Gasteiger partial charge in [-0.1, -0.05) is 27.5 Å². The molecule has 0 fully saturated rings. The largest absolute Gasteiger partial charge is 0.289 e. The Bertz CT molecular complexity index is 662. The Morgan fingerprint density at radius 3 is 2.21 bits per heavy atom. The molecule has 0 aliphatic heterocycles. The summed E-state index contributed by atoms with van der Waals surface area (Å²) in [6.07, 6.45) is 0. The van der Waals surface area contributed by atoms with Gasteiger partial charge in [-0.3, -0.25) is 4.79 Å². The van der Waals surface area contributed by atoms with Crippen molar-refractivity contribution in [1.82, 2.24) is 0 Å². The van der Waals surface area contributed by atoms with Crippen LogP contribution in [-0.4, -0.2) is 5.78 Å². The van der Waals surface area contributed by atoms with Crippen molar-refractivity contribution < 1.29 is 4.79 Å². The predicted octanol–water partition coefficient (Wildman–Crippen LogP) is 5.26. The lowest BCUT2D eigenvalue weighted by atomic mass is 9.96. The number of aryl methyl sites for hydroxylation is 3. The number of benzene rings is 2. The second kappa shape index (κ2) is 5.48. The van der Waals surface area contributed by atoms with Crippen molar-refractivity contribution in [3.8, 4) is 0 Å². The normalized spacial score (nSPS) is 10.6. The summed E-state index contributed by atoms with van der Waals surface area (Å²) < 4.78 is 0.965. The van der Waals surface area contributed by atoms with E-state index in [0.29, 0.717) is 16.1 Å².